The molecule has 0 N–H and O–H groups in total. The number of carbonyl (C=O) groups excluding carboxylic acids is 1. The van der Waals surface area contributed by atoms with Crippen LogP contribution in [-0.4, -0.2) is 32.9 Å². The smallest absolute Gasteiger partial charge is 0.196 e. The van der Waals surface area contributed by atoms with Gasteiger partial charge in [-0.15, -0.1) is 10.2 Å². The van der Waals surface area contributed by atoms with E-state index < -0.39 is 0 Å². The summed E-state index contributed by atoms with van der Waals surface area (Å²) in [5.74, 6) is 1.45. The molecule has 4 aromatic rings. The third-order valence-corrected chi connectivity index (χ3v) is 6.34. The Balaban J connectivity index is 1.71. The summed E-state index contributed by atoms with van der Waals surface area (Å²) in [6.45, 7) is 4.01. The predicted molar refractivity (Wildman–Crippen MR) is 129 cm³/mol. The summed E-state index contributed by atoms with van der Waals surface area (Å²) < 4.78 is 7.53. The molecule has 1 unspecified atom stereocenters. The van der Waals surface area contributed by atoms with Gasteiger partial charge in [-0.3, -0.25) is 9.36 Å². The molecule has 1 atom stereocenters. The molecular weight excluding hydrogens is 418 g/mol. The van der Waals surface area contributed by atoms with Crippen molar-refractivity contribution < 1.29 is 9.53 Å². The maximum atomic E-state index is 13.1. The summed E-state index contributed by atoms with van der Waals surface area (Å²) in [5.41, 5.74) is 3.69. The van der Waals surface area contributed by atoms with Gasteiger partial charge in [0.2, 0.25) is 0 Å². The van der Waals surface area contributed by atoms with Crippen LogP contribution < -0.4 is 4.74 Å². The van der Waals surface area contributed by atoms with Crippen molar-refractivity contribution in [1.29, 1.82) is 0 Å². The van der Waals surface area contributed by atoms with E-state index in [9.17, 15) is 4.79 Å². The molecule has 1 heterocycles. The lowest BCUT2D eigenvalue weighted by molar-refractivity contribution is 0.0994. The van der Waals surface area contributed by atoms with Gasteiger partial charge in [-0.1, -0.05) is 73.3 Å². The summed E-state index contributed by atoms with van der Waals surface area (Å²) in [7, 11) is 1.64. The van der Waals surface area contributed by atoms with Crippen LogP contribution in [-0.2, 0) is 6.42 Å². The number of rotatable bonds is 8. The van der Waals surface area contributed by atoms with Gasteiger partial charge in [0.25, 0.3) is 0 Å². The molecule has 32 heavy (non-hydrogen) atoms. The average molecular weight is 444 g/mol. The Morgan fingerprint density at radius 3 is 2.34 bits per heavy atom. The molecule has 0 fully saturated rings. The third-order valence-electron chi connectivity index (χ3n) is 5.29. The van der Waals surface area contributed by atoms with Gasteiger partial charge in [0.15, 0.2) is 16.8 Å². The van der Waals surface area contributed by atoms with E-state index in [4.69, 9.17) is 4.74 Å². The Kier molecular flexibility index (Phi) is 6.71. The van der Waals surface area contributed by atoms with E-state index in [1.54, 1.807) is 7.11 Å². The molecule has 0 aliphatic rings. The number of hydrogen-bond acceptors (Lipinski definition) is 5. The topological polar surface area (TPSA) is 57.0 Å². The Hall–Kier alpha value is -3.38. The molecule has 162 valence electrons. The first-order chi connectivity index (χ1) is 15.6. The van der Waals surface area contributed by atoms with Crippen molar-refractivity contribution in [3.8, 4) is 22.8 Å². The number of hydrogen-bond donors (Lipinski definition) is 0. The number of thioether (sulfide) groups is 1. The van der Waals surface area contributed by atoms with E-state index in [2.05, 4.69) is 17.1 Å². The van der Waals surface area contributed by atoms with E-state index in [1.165, 1.54) is 17.3 Å². The van der Waals surface area contributed by atoms with Gasteiger partial charge in [0.05, 0.1) is 17.9 Å². The standard InChI is InChI=1S/C26H25N3O2S/c1-4-19-14-16-20(17-15-19)24(30)18(2)32-26-28-27-25(22-12-8-9-13-23(22)31-3)29(26)21-10-6-5-7-11-21/h5-18H,4H2,1-3H3. The zero-order valence-corrected chi connectivity index (χ0v) is 19.2. The molecule has 3 aromatic carbocycles. The molecule has 0 saturated heterocycles. The Labute approximate surface area is 192 Å². The first-order valence-electron chi connectivity index (χ1n) is 10.6. The van der Waals surface area contributed by atoms with Crippen LogP contribution >= 0.6 is 11.8 Å². The fourth-order valence-corrected chi connectivity index (χ4v) is 4.46. The molecule has 6 heteroatoms. The number of carbonyl (C=O) groups is 1. The number of benzene rings is 3. The second-order valence-corrected chi connectivity index (χ2v) is 8.66. The van der Waals surface area contributed by atoms with Crippen LogP contribution in [0, 0.1) is 0 Å². The van der Waals surface area contributed by atoms with Crippen molar-refractivity contribution >= 4 is 17.5 Å². The molecule has 0 aliphatic heterocycles. The van der Waals surface area contributed by atoms with Crippen molar-refractivity contribution in [1.82, 2.24) is 14.8 Å². The fraction of sp³-hybridized carbons (Fsp3) is 0.192. The van der Waals surface area contributed by atoms with Gasteiger partial charge in [0, 0.05) is 11.3 Å². The van der Waals surface area contributed by atoms with E-state index in [0.29, 0.717) is 22.3 Å². The minimum absolute atomic E-state index is 0.0686. The molecular formula is C26H25N3O2S. The largest absolute Gasteiger partial charge is 0.496 e. The van der Waals surface area contributed by atoms with Crippen molar-refractivity contribution in [2.24, 2.45) is 0 Å². The van der Waals surface area contributed by atoms with Gasteiger partial charge in [-0.05, 0) is 43.2 Å². The van der Waals surface area contributed by atoms with Crippen LogP contribution in [0.3, 0.4) is 0 Å². The van der Waals surface area contributed by atoms with Crippen molar-refractivity contribution in [2.45, 2.75) is 30.7 Å². The first kappa shape index (κ1) is 21.8. The van der Waals surface area contributed by atoms with Gasteiger partial charge >= 0.3 is 0 Å². The number of aryl methyl sites for hydroxylation is 1. The molecule has 5 nitrogen and oxygen atoms in total. The summed E-state index contributed by atoms with van der Waals surface area (Å²) in [4.78, 5) is 13.1. The Morgan fingerprint density at radius 1 is 0.969 bits per heavy atom. The maximum Gasteiger partial charge on any atom is 0.196 e. The zero-order valence-electron chi connectivity index (χ0n) is 18.4. The van der Waals surface area contributed by atoms with Crippen molar-refractivity contribution in [3.05, 3.63) is 90.0 Å². The molecule has 0 radical (unpaired) electrons. The number of methoxy groups -OCH3 is 1. The van der Waals surface area contributed by atoms with Crippen LogP contribution in [0.25, 0.3) is 17.1 Å². The zero-order chi connectivity index (χ0) is 22.5. The normalized spacial score (nSPS) is 11.8. The highest BCUT2D eigenvalue weighted by molar-refractivity contribution is 8.00. The Bertz CT molecular complexity index is 1200. The van der Waals surface area contributed by atoms with E-state index in [1.807, 2.05) is 90.4 Å². The lowest BCUT2D eigenvalue weighted by Gasteiger charge is -2.14. The highest BCUT2D eigenvalue weighted by atomic mass is 32.2. The van der Waals surface area contributed by atoms with Gasteiger partial charge < -0.3 is 4.74 Å². The first-order valence-corrected chi connectivity index (χ1v) is 11.4. The second kappa shape index (κ2) is 9.83. The number of ether oxygens (including phenoxy) is 1. The number of aromatic nitrogens is 3. The highest BCUT2D eigenvalue weighted by Crippen LogP contribution is 2.34. The SMILES string of the molecule is CCc1ccc(C(=O)C(C)Sc2nnc(-c3ccccc3OC)n2-c2ccccc2)cc1. The van der Waals surface area contributed by atoms with Gasteiger partial charge in [0.1, 0.15) is 5.75 Å². The number of Topliss-reactive ketones (excluding diaryl/α,β-unsaturated/α-hetero) is 1. The number of para-hydroxylation sites is 2. The maximum absolute atomic E-state index is 13.1. The molecule has 0 saturated carbocycles. The lowest BCUT2D eigenvalue weighted by atomic mass is 10.1. The third kappa shape index (κ3) is 4.46. The van der Waals surface area contributed by atoms with Crippen LogP contribution in [0.1, 0.15) is 29.8 Å². The van der Waals surface area contributed by atoms with Gasteiger partial charge in [-0.2, -0.15) is 0 Å². The fourth-order valence-electron chi connectivity index (χ4n) is 3.51. The van der Waals surface area contributed by atoms with Crippen LogP contribution in [0.4, 0.5) is 0 Å². The number of nitrogens with zero attached hydrogens (tertiary/aromatic N) is 3. The Morgan fingerprint density at radius 2 is 1.66 bits per heavy atom. The van der Waals surface area contributed by atoms with E-state index in [-0.39, 0.29) is 11.0 Å². The predicted octanol–water partition coefficient (Wildman–Crippen LogP) is 5.87. The van der Waals surface area contributed by atoms with Crippen molar-refractivity contribution in [3.63, 3.8) is 0 Å². The summed E-state index contributed by atoms with van der Waals surface area (Å²) in [6, 6.07) is 25.5. The summed E-state index contributed by atoms with van der Waals surface area (Å²) in [6.07, 6.45) is 0.949. The van der Waals surface area contributed by atoms with Gasteiger partial charge in [-0.25, -0.2) is 0 Å². The quantitative estimate of drug-likeness (QED) is 0.252. The minimum atomic E-state index is -0.320. The average Bonchev–Trinajstić information content (AvgIpc) is 3.27. The molecule has 0 amide bonds. The molecule has 0 bridgehead atoms. The second-order valence-electron chi connectivity index (χ2n) is 7.35. The molecule has 0 spiro atoms. The number of ketones is 1. The highest BCUT2D eigenvalue weighted by Gasteiger charge is 2.23. The van der Waals surface area contributed by atoms with Crippen LogP contribution in [0.15, 0.2) is 84.0 Å². The lowest BCUT2D eigenvalue weighted by Crippen LogP contribution is -2.14. The van der Waals surface area contributed by atoms with E-state index >= 15 is 0 Å². The molecule has 0 aliphatic carbocycles. The summed E-state index contributed by atoms with van der Waals surface area (Å²) in [5, 5.41) is 9.27. The molecule has 4 rings (SSSR count). The summed E-state index contributed by atoms with van der Waals surface area (Å²) >= 11 is 1.41. The minimum Gasteiger partial charge on any atom is -0.496 e. The van der Waals surface area contributed by atoms with E-state index in [0.717, 1.165) is 17.7 Å². The van der Waals surface area contributed by atoms with Crippen molar-refractivity contribution in [2.75, 3.05) is 7.11 Å². The van der Waals surface area contributed by atoms with Crippen LogP contribution in [0.2, 0.25) is 0 Å². The molecule has 1 aromatic heterocycles. The van der Waals surface area contributed by atoms with Crippen LogP contribution in [0.5, 0.6) is 5.75 Å². The monoisotopic (exact) mass is 443 g/mol.